The zero-order valence-electron chi connectivity index (χ0n) is 22.1. The molecule has 0 atom stereocenters. The highest BCUT2D eigenvalue weighted by Gasteiger charge is 2.36. The summed E-state index contributed by atoms with van der Waals surface area (Å²) in [6.07, 6.45) is 8.86. The van der Waals surface area contributed by atoms with Gasteiger partial charge in [0.25, 0.3) is 6.43 Å². The van der Waals surface area contributed by atoms with Crippen molar-refractivity contribution in [1.29, 1.82) is 5.41 Å². The lowest BCUT2D eigenvalue weighted by molar-refractivity contribution is 0.141. The molecule has 1 aliphatic heterocycles. The molecule has 0 bridgehead atoms. The Labute approximate surface area is 228 Å². The van der Waals surface area contributed by atoms with Crippen molar-refractivity contribution in [2.75, 3.05) is 23.4 Å². The van der Waals surface area contributed by atoms with Crippen molar-refractivity contribution in [1.82, 2.24) is 9.97 Å². The average Bonchev–Trinajstić information content (AvgIpc) is 3.31. The smallest absolute Gasteiger partial charge is 0.297 e. The average molecular weight is 563 g/mol. The summed E-state index contributed by atoms with van der Waals surface area (Å²) >= 11 is 0. The second-order valence-electron chi connectivity index (χ2n) is 8.65. The number of aromatic nitrogens is 2. The first-order chi connectivity index (χ1) is 18.6. The van der Waals surface area contributed by atoms with Crippen molar-refractivity contribution in [3.63, 3.8) is 0 Å². The van der Waals surface area contributed by atoms with Crippen molar-refractivity contribution in [3.8, 4) is 12.5 Å². The highest BCUT2D eigenvalue weighted by atomic mass is 32.2. The maximum Gasteiger partial charge on any atom is 0.297 e. The van der Waals surface area contributed by atoms with Gasteiger partial charge >= 0.3 is 0 Å². The Bertz CT molecular complexity index is 1390. The number of terminal acetylenes is 1. The van der Waals surface area contributed by atoms with Crippen LogP contribution in [-0.4, -0.2) is 49.2 Å². The van der Waals surface area contributed by atoms with Gasteiger partial charge in [-0.3, -0.25) is 4.21 Å². The predicted molar refractivity (Wildman–Crippen MR) is 151 cm³/mol. The molecule has 0 spiro atoms. The number of halogens is 3. The van der Waals surface area contributed by atoms with Gasteiger partial charge < -0.3 is 20.2 Å². The van der Waals surface area contributed by atoms with E-state index in [4.69, 9.17) is 14.9 Å². The van der Waals surface area contributed by atoms with Crippen molar-refractivity contribution in [3.05, 3.63) is 53.4 Å². The third-order valence-electron chi connectivity index (χ3n) is 5.87. The fourth-order valence-corrected chi connectivity index (χ4v) is 5.20. The van der Waals surface area contributed by atoms with Crippen molar-refractivity contribution >= 4 is 44.9 Å². The standard InChI is InChI=1S/C14H13F2N3O.C12H18FNOS.C2H2O/c1-2-7-17-13-11-10(18-14(19-13)12(15)16)8-5-3-4-6-9(8)20-11;1-3-11(8-10(2)9-14)12(13)4-6-16(15)7-5-12;1-2-3/h3-6,12H,2,7H2,1H3,(H,17,18,19);3,8-9,14H,4-7H2,1-2H3;1,3H/b;10-8-,11-3-,14-9?;. The molecular weight excluding hydrogens is 529 g/mol. The Morgan fingerprint density at radius 3 is 2.54 bits per heavy atom. The van der Waals surface area contributed by atoms with Crippen LogP contribution in [0.2, 0.25) is 0 Å². The number of para-hydroxylation sites is 1. The molecule has 3 aromatic rings. The highest BCUT2D eigenvalue weighted by molar-refractivity contribution is 7.85. The van der Waals surface area contributed by atoms with Gasteiger partial charge in [0.2, 0.25) is 0 Å². The molecule has 0 radical (unpaired) electrons. The van der Waals surface area contributed by atoms with E-state index in [1.807, 2.05) is 19.1 Å². The molecule has 0 aliphatic carbocycles. The normalized spacial score (nSPS) is 19.5. The SMILES string of the molecule is C#CO.C/C=C(/C=C(/C)C=N)C1(F)CCS(=O)CC1.CCCNc1nc(C(F)F)nc2c1oc1ccccc12. The topological polar surface area (TPSA) is 112 Å². The van der Waals surface area contributed by atoms with E-state index < -0.39 is 28.7 Å². The summed E-state index contributed by atoms with van der Waals surface area (Å²) in [6.45, 7) is 6.20. The fourth-order valence-electron chi connectivity index (χ4n) is 3.89. The second-order valence-corrected chi connectivity index (χ2v) is 10.3. The molecule has 0 amide bonds. The van der Waals surface area contributed by atoms with Crippen molar-refractivity contribution in [2.24, 2.45) is 0 Å². The Morgan fingerprint density at radius 1 is 1.33 bits per heavy atom. The first-order valence-electron chi connectivity index (χ1n) is 12.3. The molecule has 3 heterocycles. The molecule has 2 aromatic heterocycles. The number of hydrogen-bond donors (Lipinski definition) is 3. The molecule has 4 rings (SSSR count). The van der Waals surface area contributed by atoms with Crippen LogP contribution in [0.4, 0.5) is 19.0 Å². The van der Waals surface area contributed by atoms with Gasteiger partial charge in [-0.2, -0.15) is 0 Å². The molecule has 7 nitrogen and oxygen atoms in total. The number of benzene rings is 1. The van der Waals surface area contributed by atoms with Gasteiger partial charge in [-0.15, -0.1) is 0 Å². The number of fused-ring (bicyclic) bond motifs is 3. The number of nitrogens with zero attached hydrogens (tertiary/aromatic N) is 2. The fraction of sp³-hybridized carbons (Fsp3) is 0.393. The summed E-state index contributed by atoms with van der Waals surface area (Å²) in [5.41, 5.74) is 1.45. The number of hydrogen-bond acceptors (Lipinski definition) is 7. The first kappa shape index (κ1) is 31.6. The number of alkyl halides is 3. The quantitative estimate of drug-likeness (QED) is 0.165. The molecule has 0 unspecified atom stereocenters. The molecule has 3 N–H and O–H groups in total. The van der Waals surface area contributed by atoms with Crippen LogP contribution in [0.15, 0.2) is 52.0 Å². The number of aliphatic hydroxyl groups is 1. The lowest BCUT2D eigenvalue weighted by Gasteiger charge is -2.30. The van der Waals surface area contributed by atoms with Gasteiger partial charge in [-0.05, 0) is 56.4 Å². The zero-order valence-corrected chi connectivity index (χ0v) is 23.0. The van der Waals surface area contributed by atoms with Crippen LogP contribution < -0.4 is 5.32 Å². The molecule has 1 fully saturated rings. The minimum absolute atomic E-state index is 0.321. The molecular formula is C28H33F3N4O3S. The van der Waals surface area contributed by atoms with E-state index in [0.717, 1.165) is 12.0 Å². The van der Waals surface area contributed by atoms with Crippen LogP contribution in [0.25, 0.3) is 22.1 Å². The third-order valence-corrected chi connectivity index (χ3v) is 7.18. The molecule has 0 saturated carbocycles. The van der Waals surface area contributed by atoms with E-state index in [0.29, 0.717) is 64.4 Å². The van der Waals surface area contributed by atoms with Gasteiger partial charge in [0.1, 0.15) is 22.9 Å². The first-order valence-corrected chi connectivity index (χ1v) is 13.8. The van der Waals surface area contributed by atoms with Crippen LogP contribution in [0.5, 0.6) is 0 Å². The van der Waals surface area contributed by atoms with Crippen LogP contribution in [0.3, 0.4) is 0 Å². The maximum absolute atomic E-state index is 14.6. The number of rotatable bonds is 7. The number of nitrogens with one attached hydrogen (secondary N) is 2. The second kappa shape index (κ2) is 15.1. The summed E-state index contributed by atoms with van der Waals surface area (Å²) in [6, 6.07) is 7.22. The summed E-state index contributed by atoms with van der Waals surface area (Å²) in [4.78, 5) is 7.80. The van der Waals surface area contributed by atoms with Gasteiger partial charge in [0.05, 0.1) is 0 Å². The van der Waals surface area contributed by atoms with E-state index in [1.165, 1.54) is 12.3 Å². The minimum Gasteiger partial charge on any atom is -0.462 e. The van der Waals surface area contributed by atoms with E-state index in [2.05, 4.69) is 21.7 Å². The Morgan fingerprint density at radius 2 is 1.97 bits per heavy atom. The summed E-state index contributed by atoms with van der Waals surface area (Å²) in [5, 5.41) is 17.9. The van der Waals surface area contributed by atoms with Gasteiger partial charge in [-0.25, -0.2) is 23.1 Å². The predicted octanol–water partition coefficient (Wildman–Crippen LogP) is 6.86. The van der Waals surface area contributed by atoms with E-state index >= 15 is 0 Å². The lowest BCUT2D eigenvalue weighted by atomic mass is 9.88. The minimum atomic E-state index is -2.71. The Hall–Kier alpha value is -3.65. The third kappa shape index (κ3) is 8.42. The Kier molecular flexibility index (Phi) is 12.2. The highest BCUT2D eigenvalue weighted by Crippen LogP contribution is 2.35. The zero-order chi connectivity index (χ0) is 29.0. The van der Waals surface area contributed by atoms with Gasteiger partial charge in [0.15, 0.2) is 17.2 Å². The molecule has 11 heteroatoms. The van der Waals surface area contributed by atoms with E-state index in [1.54, 1.807) is 38.1 Å². The molecule has 210 valence electrons. The molecule has 39 heavy (non-hydrogen) atoms. The largest absolute Gasteiger partial charge is 0.462 e. The molecule has 1 aromatic carbocycles. The van der Waals surface area contributed by atoms with E-state index in [-0.39, 0.29) is 0 Å². The van der Waals surface area contributed by atoms with Crippen molar-refractivity contribution in [2.45, 2.75) is 52.1 Å². The number of allylic oxidation sites excluding steroid dienone is 4. The lowest BCUT2D eigenvalue weighted by Crippen LogP contribution is -2.34. The summed E-state index contributed by atoms with van der Waals surface area (Å²) in [7, 11) is -0.853. The summed E-state index contributed by atoms with van der Waals surface area (Å²) in [5.74, 6) is 0.711. The van der Waals surface area contributed by atoms with Gasteiger partial charge in [0, 0.05) is 40.5 Å². The van der Waals surface area contributed by atoms with Crippen LogP contribution in [-0.2, 0) is 10.8 Å². The number of anilines is 1. The van der Waals surface area contributed by atoms with Crippen LogP contribution in [0.1, 0.15) is 52.3 Å². The number of furan rings is 1. The van der Waals surface area contributed by atoms with Gasteiger partial charge in [-0.1, -0.05) is 37.6 Å². The molecule has 1 aliphatic rings. The van der Waals surface area contributed by atoms with Crippen LogP contribution >= 0.6 is 0 Å². The van der Waals surface area contributed by atoms with Crippen LogP contribution in [0, 0.1) is 17.9 Å². The van der Waals surface area contributed by atoms with E-state index in [9.17, 15) is 17.4 Å². The van der Waals surface area contributed by atoms with Crippen molar-refractivity contribution < 1.29 is 26.9 Å². The molecule has 1 saturated heterocycles. The summed E-state index contributed by atoms with van der Waals surface area (Å²) < 4.78 is 57.3. The Balaban J connectivity index is 0.000000255. The maximum atomic E-state index is 14.6. The monoisotopic (exact) mass is 562 g/mol. The number of aliphatic hydroxyl groups excluding tert-OH is 1.